The Morgan fingerprint density at radius 3 is 2.76 bits per heavy atom. The van der Waals surface area contributed by atoms with Gasteiger partial charge in [0.05, 0.1) is 26.2 Å². The lowest BCUT2D eigenvalue weighted by molar-refractivity contribution is -0.145. The summed E-state index contributed by atoms with van der Waals surface area (Å²) in [5.74, 6) is -1.65. The van der Waals surface area contributed by atoms with Crippen molar-refractivity contribution < 1.29 is 34.1 Å². The Morgan fingerprint density at radius 2 is 2.19 bits per heavy atom. The highest BCUT2D eigenvalue weighted by atomic mass is 16.5. The molecule has 1 aliphatic rings. The Balaban J connectivity index is 2.52. The topological polar surface area (TPSA) is 125 Å². The van der Waals surface area contributed by atoms with Crippen LogP contribution in [0.5, 0.6) is 0 Å². The second-order valence-electron chi connectivity index (χ2n) is 4.57. The normalized spacial score (nSPS) is 19.7. The van der Waals surface area contributed by atoms with Gasteiger partial charge in [-0.1, -0.05) is 0 Å². The molecule has 2 amide bonds. The number of aliphatic hydroxyl groups is 1. The van der Waals surface area contributed by atoms with Crippen molar-refractivity contribution in [1.82, 2.24) is 10.2 Å². The zero-order valence-electron chi connectivity index (χ0n) is 11.8. The molecule has 120 valence electrons. The number of methoxy groups -OCH3 is 1. The standard InChI is InChI=1S/C12H20N2O7/c1-20-10(16)6-8-7-14(3-5-21-8)12(19)13-9(2-4-15)11(17)18/h8-9,15H,2-7H2,1H3,(H,13,19)(H,17,18). The summed E-state index contributed by atoms with van der Waals surface area (Å²) < 4.78 is 9.89. The maximum atomic E-state index is 12.0. The lowest BCUT2D eigenvalue weighted by Gasteiger charge is -2.33. The van der Waals surface area contributed by atoms with E-state index in [9.17, 15) is 14.4 Å². The number of aliphatic hydroxyl groups excluding tert-OH is 1. The van der Waals surface area contributed by atoms with Crippen molar-refractivity contribution in [3.8, 4) is 0 Å². The fourth-order valence-corrected chi connectivity index (χ4v) is 1.92. The van der Waals surface area contributed by atoms with E-state index in [0.717, 1.165) is 0 Å². The first-order valence-corrected chi connectivity index (χ1v) is 6.55. The lowest BCUT2D eigenvalue weighted by Crippen LogP contribution is -2.53. The molecule has 0 aromatic rings. The van der Waals surface area contributed by atoms with Gasteiger partial charge in [-0.05, 0) is 0 Å². The number of nitrogens with zero attached hydrogens (tertiary/aromatic N) is 1. The summed E-state index contributed by atoms with van der Waals surface area (Å²) in [4.78, 5) is 35.5. The van der Waals surface area contributed by atoms with Crippen molar-refractivity contribution in [3.05, 3.63) is 0 Å². The van der Waals surface area contributed by atoms with E-state index >= 15 is 0 Å². The molecule has 0 spiro atoms. The zero-order chi connectivity index (χ0) is 15.8. The Kier molecular flexibility index (Phi) is 6.89. The smallest absolute Gasteiger partial charge is 0.326 e. The van der Waals surface area contributed by atoms with Crippen LogP contribution in [0.1, 0.15) is 12.8 Å². The van der Waals surface area contributed by atoms with Crippen LogP contribution in [0.15, 0.2) is 0 Å². The number of amides is 2. The van der Waals surface area contributed by atoms with Crippen LogP contribution in [-0.4, -0.2) is 78.6 Å². The predicted octanol–water partition coefficient (Wildman–Crippen LogP) is -1.20. The molecular formula is C12H20N2O7. The second-order valence-corrected chi connectivity index (χ2v) is 4.57. The molecule has 2 atom stereocenters. The molecule has 0 aliphatic carbocycles. The summed E-state index contributed by atoms with van der Waals surface area (Å²) in [6.45, 7) is 0.388. The molecule has 1 aliphatic heterocycles. The molecule has 2 unspecified atom stereocenters. The van der Waals surface area contributed by atoms with Crippen LogP contribution >= 0.6 is 0 Å². The minimum atomic E-state index is -1.21. The van der Waals surface area contributed by atoms with E-state index in [0.29, 0.717) is 6.54 Å². The average Bonchev–Trinajstić information content (AvgIpc) is 2.46. The van der Waals surface area contributed by atoms with Crippen LogP contribution in [-0.2, 0) is 19.1 Å². The number of carboxylic acid groups (broad SMARTS) is 1. The Hall–Kier alpha value is -1.87. The summed E-state index contributed by atoms with van der Waals surface area (Å²) in [6, 6.07) is -1.71. The van der Waals surface area contributed by atoms with Gasteiger partial charge < -0.3 is 29.9 Å². The average molecular weight is 304 g/mol. The van der Waals surface area contributed by atoms with Gasteiger partial charge in [0.2, 0.25) is 0 Å². The highest BCUT2D eigenvalue weighted by Gasteiger charge is 2.28. The number of carboxylic acids is 1. The quantitative estimate of drug-likeness (QED) is 0.526. The summed E-state index contributed by atoms with van der Waals surface area (Å²) in [7, 11) is 1.27. The second kappa shape index (κ2) is 8.42. The molecule has 0 aromatic carbocycles. The van der Waals surface area contributed by atoms with Gasteiger partial charge in [-0.25, -0.2) is 9.59 Å². The van der Waals surface area contributed by atoms with Gasteiger partial charge in [-0.15, -0.1) is 0 Å². The van der Waals surface area contributed by atoms with E-state index < -0.39 is 30.1 Å². The van der Waals surface area contributed by atoms with Crippen molar-refractivity contribution >= 4 is 18.0 Å². The fourth-order valence-electron chi connectivity index (χ4n) is 1.92. The van der Waals surface area contributed by atoms with Gasteiger partial charge in [-0.2, -0.15) is 0 Å². The van der Waals surface area contributed by atoms with E-state index in [1.165, 1.54) is 12.0 Å². The number of carbonyl (C=O) groups excluding carboxylic acids is 2. The van der Waals surface area contributed by atoms with Crippen LogP contribution in [0.2, 0.25) is 0 Å². The highest BCUT2D eigenvalue weighted by Crippen LogP contribution is 2.10. The third-order valence-corrected chi connectivity index (χ3v) is 3.06. The molecule has 1 heterocycles. The molecule has 0 bridgehead atoms. The Morgan fingerprint density at radius 1 is 1.48 bits per heavy atom. The summed E-state index contributed by atoms with van der Waals surface area (Å²) in [5.41, 5.74) is 0. The molecule has 21 heavy (non-hydrogen) atoms. The first kappa shape index (κ1) is 17.2. The number of hydrogen-bond acceptors (Lipinski definition) is 6. The molecule has 9 heteroatoms. The van der Waals surface area contributed by atoms with Gasteiger partial charge in [-0.3, -0.25) is 4.79 Å². The SMILES string of the molecule is COC(=O)CC1CN(C(=O)NC(CCO)C(=O)O)CCO1. The Labute approximate surface area is 121 Å². The number of urea groups is 1. The van der Waals surface area contributed by atoms with E-state index in [1.54, 1.807) is 0 Å². The van der Waals surface area contributed by atoms with Crippen LogP contribution in [0.4, 0.5) is 4.79 Å². The van der Waals surface area contributed by atoms with Crippen molar-refractivity contribution in [1.29, 1.82) is 0 Å². The van der Waals surface area contributed by atoms with Crippen molar-refractivity contribution in [2.75, 3.05) is 33.4 Å². The lowest BCUT2D eigenvalue weighted by atomic mass is 10.2. The summed E-state index contributed by atoms with van der Waals surface area (Å²) >= 11 is 0. The molecule has 1 fully saturated rings. The number of esters is 1. The number of nitrogens with one attached hydrogen (secondary N) is 1. The maximum absolute atomic E-state index is 12.0. The highest BCUT2D eigenvalue weighted by molar-refractivity contribution is 5.82. The van der Waals surface area contributed by atoms with E-state index in [-0.39, 0.29) is 32.6 Å². The number of aliphatic carboxylic acids is 1. The van der Waals surface area contributed by atoms with Crippen LogP contribution in [0, 0.1) is 0 Å². The first-order valence-electron chi connectivity index (χ1n) is 6.55. The zero-order valence-corrected chi connectivity index (χ0v) is 11.8. The molecule has 9 nitrogen and oxygen atoms in total. The van der Waals surface area contributed by atoms with E-state index in [4.69, 9.17) is 14.9 Å². The fraction of sp³-hybridized carbons (Fsp3) is 0.750. The van der Waals surface area contributed by atoms with Gasteiger partial charge >= 0.3 is 18.0 Å². The van der Waals surface area contributed by atoms with Crippen LogP contribution < -0.4 is 5.32 Å². The van der Waals surface area contributed by atoms with Crippen LogP contribution in [0.25, 0.3) is 0 Å². The van der Waals surface area contributed by atoms with Crippen molar-refractivity contribution in [2.24, 2.45) is 0 Å². The maximum Gasteiger partial charge on any atom is 0.326 e. The molecular weight excluding hydrogens is 284 g/mol. The molecule has 3 N–H and O–H groups in total. The number of ether oxygens (including phenoxy) is 2. The monoisotopic (exact) mass is 304 g/mol. The number of carbonyl (C=O) groups is 3. The molecule has 1 saturated heterocycles. The van der Waals surface area contributed by atoms with Gasteiger partial charge in [0.25, 0.3) is 0 Å². The molecule has 0 aromatic heterocycles. The first-order chi connectivity index (χ1) is 9.97. The Bertz CT molecular complexity index is 388. The predicted molar refractivity (Wildman–Crippen MR) is 69.6 cm³/mol. The van der Waals surface area contributed by atoms with Crippen molar-refractivity contribution in [3.63, 3.8) is 0 Å². The molecule has 0 radical (unpaired) electrons. The van der Waals surface area contributed by atoms with E-state index in [2.05, 4.69) is 10.1 Å². The van der Waals surface area contributed by atoms with Crippen LogP contribution in [0.3, 0.4) is 0 Å². The largest absolute Gasteiger partial charge is 0.480 e. The minimum absolute atomic E-state index is 0.0271. The third-order valence-electron chi connectivity index (χ3n) is 3.06. The minimum Gasteiger partial charge on any atom is -0.480 e. The third kappa shape index (κ3) is 5.56. The van der Waals surface area contributed by atoms with Gasteiger partial charge in [0.15, 0.2) is 0 Å². The summed E-state index contributed by atoms with van der Waals surface area (Å²) in [6.07, 6.45) is -0.519. The number of rotatable bonds is 6. The molecule has 1 rings (SSSR count). The number of hydrogen-bond donors (Lipinski definition) is 3. The van der Waals surface area contributed by atoms with Crippen molar-refractivity contribution in [2.45, 2.75) is 25.0 Å². The molecule has 0 saturated carbocycles. The summed E-state index contributed by atoms with van der Waals surface area (Å²) in [5, 5.41) is 20.0. The number of morpholine rings is 1. The van der Waals surface area contributed by atoms with Gasteiger partial charge in [0, 0.05) is 26.1 Å². The van der Waals surface area contributed by atoms with Gasteiger partial charge in [0.1, 0.15) is 6.04 Å². The van der Waals surface area contributed by atoms with E-state index in [1.807, 2.05) is 0 Å².